The van der Waals surface area contributed by atoms with Crippen molar-refractivity contribution in [1.82, 2.24) is 4.90 Å². The first-order chi connectivity index (χ1) is 9.90. The monoisotopic (exact) mass is 292 g/mol. The molecule has 1 saturated heterocycles. The molecular formula is C15H20N2O4. The maximum Gasteiger partial charge on any atom is 0.273 e. The number of fused-ring (bicyclic) bond motifs is 1. The largest absolute Gasteiger partial charge is 0.484 e. The van der Waals surface area contributed by atoms with E-state index in [-0.39, 0.29) is 11.7 Å². The number of likely N-dealkylation sites (tertiary alicyclic amines) is 1. The minimum absolute atomic E-state index is 0.0149. The Hall–Kier alpha value is -1.66. The van der Waals surface area contributed by atoms with E-state index in [1.165, 1.54) is 12.1 Å². The minimum atomic E-state index is -0.768. The van der Waals surface area contributed by atoms with Crippen LogP contribution in [0.4, 0.5) is 5.69 Å². The highest BCUT2D eigenvalue weighted by molar-refractivity contribution is 5.48. The standard InChI is InChI=1S/C15H20N2O4/c1-15(2)14(18)13(16-7-3-4-8-16)11-6-5-10(17(19)20)9-12(11)21-15/h5-6,9,13-14,18H,3-4,7-8H2,1-2H3/t13-,14+/m1/s1. The van der Waals surface area contributed by atoms with Gasteiger partial charge in [0.05, 0.1) is 17.0 Å². The Morgan fingerprint density at radius 1 is 1.38 bits per heavy atom. The van der Waals surface area contributed by atoms with Crippen LogP contribution in [0.25, 0.3) is 0 Å². The van der Waals surface area contributed by atoms with E-state index in [9.17, 15) is 15.2 Å². The number of nitrogens with zero attached hydrogens (tertiary/aromatic N) is 2. The SMILES string of the molecule is CC1(C)Oc2cc([N+](=O)[O-])ccc2[C@@H](N2CCCC2)[C@@H]1O. The first-order valence-corrected chi connectivity index (χ1v) is 7.29. The van der Waals surface area contributed by atoms with Crippen LogP contribution < -0.4 is 4.74 Å². The van der Waals surface area contributed by atoms with Gasteiger partial charge in [0.15, 0.2) is 0 Å². The molecule has 0 radical (unpaired) electrons. The van der Waals surface area contributed by atoms with Crippen molar-refractivity contribution in [2.45, 2.75) is 44.4 Å². The Bertz CT molecular complexity index is 567. The molecule has 2 atom stereocenters. The van der Waals surface area contributed by atoms with Crippen molar-refractivity contribution >= 4 is 5.69 Å². The van der Waals surface area contributed by atoms with Gasteiger partial charge in [-0.05, 0) is 45.8 Å². The van der Waals surface area contributed by atoms with Crippen LogP contribution >= 0.6 is 0 Å². The topological polar surface area (TPSA) is 75.8 Å². The van der Waals surface area contributed by atoms with Crippen molar-refractivity contribution in [3.8, 4) is 5.75 Å². The van der Waals surface area contributed by atoms with Crippen molar-refractivity contribution < 1.29 is 14.8 Å². The predicted octanol–water partition coefficient (Wildman–Crippen LogP) is 2.26. The molecule has 1 N–H and O–H groups in total. The molecule has 1 aromatic rings. The Kier molecular flexibility index (Phi) is 3.37. The van der Waals surface area contributed by atoms with E-state index in [4.69, 9.17) is 4.74 Å². The summed E-state index contributed by atoms with van der Waals surface area (Å²) in [5, 5.41) is 21.6. The van der Waals surface area contributed by atoms with Gasteiger partial charge in [0.25, 0.3) is 5.69 Å². The van der Waals surface area contributed by atoms with Gasteiger partial charge in [0.2, 0.25) is 0 Å². The summed E-state index contributed by atoms with van der Waals surface area (Å²) in [5.74, 6) is 0.511. The van der Waals surface area contributed by atoms with Crippen LogP contribution in [-0.2, 0) is 0 Å². The molecule has 0 aliphatic carbocycles. The molecule has 1 aromatic carbocycles. The Balaban J connectivity index is 2.06. The summed E-state index contributed by atoms with van der Waals surface area (Å²) in [7, 11) is 0. The zero-order chi connectivity index (χ0) is 15.2. The first-order valence-electron chi connectivity index (χ1n) is 7.29. The zero-order valence-corrected chi connectivity index (χ0v) is 12.3. The molecule has 6 heteroatoms. The maximum atomic E-state index is 10.9. The summed E-state index contributed by atoms with van der Waals surface area (Å²) in [6, 6.07) is 4.50. The Morgan fingerprint density at radius 2 is 2.05 bits per heavy atom. The lowest BCUT2D eigenvalue weighted by Gasteiger charge is -2.45. The third kappa shape index (κ3) is 2.38. The molecule has 0 saturated carbocycles. The Morgan fingerprint density at radius 3 is 2.67 bits per heavy atom. The lowest BCUT2D eigenvalue weighted by atomic mass is 9.85. The fraction of sp³-hybridized carbons (Fsp3) is 0.600. The highest BCUT2D eigenvalue weighted by atomic mass is 16.6. The smallest absolute Gasteiger partial charge is 0.273 e. The van der Waals surface area contributed by atoms with Gasteiger partial charge in [-0.1, -0.05) is 0 Å². The van der Waals surface area contributed by atoms with Crippen LogP contribution in [0, 0.1) is 10.1 Å². The normalized spacial score (nSPS) is 28.0. The molecule has 114 valence electrons. The van der Waals surface area contributed by atoms with Crippen molar-refractivity contribution in [2.24, 2.45) is 0 Å². The number of benzene rings is 1. The third-order valence-electron chi connectivity index (χ3n) is 4.45. The number of ether oxygens (including phenoxy) is 1. The lowest BCUT2D eigenvalue weighted by Crippen LogP contribution is -2.53. The van der Waals surface area contributed by atoms with Crippen LogP contribution in [0.3, 0.4) is 0 Å². The number of aliphatic hydroxyl groups excluding tert-OH is 1. The van der Waals surface area contributed by atoms with Crippen molar-refractivity contribution in [3.05, 3.63) is 33.9 Å². The van der Waals surface area contributed by atoms with Crippen molar-refractivity contribution in [2.75, 3.05) is 13.1 Å². The number of rotatable bonds is 2. The summed E-state index contributed by atoms with van der Waals surface area (Å²) >= 11 is 0. The van der Waals surface area contributed by atoms with Gasteiger partial charge in [-0.3, -0.25) is 15.0 Å². The van der Waals surface area contributed by atoms with E-state index in [2.05, 4.69) is 4.90 Å². The number of hydrogen-bond donors (Lipinski definition) is 1. The average molecular weight is 292 g/mol. The Labute approximate surface area is 123 Å². The summed E-state index contributed by atoms with van der Waals surface area (Å²) < 4.78 is 5.83. The maximum absolute atomic E-state index is 10.9. The van der Waals surface area contributed by atoms with Gasteiger partial charge in [0, 0.05) is 11.6 Å². The van der Waals surface area contributed by atoms with E-state index < -0.39 is 16.6 Å². The second-order valence-electron chi connectivity index (χ2n) is 6.32. The zero-order valence-electron chi connectivity index (χ0n) is 12.3. The van der Waals surface area contributed by atoms with Crippen LogP contribution in [0.15, 0.2) is 18.2 Å². The average Bonchev–Trinajstić information content (AvgIpc) is 2.93. The van der Waals surface area contributed by atoms with Gasteiger partial charge in [-0.2, -0.15) is 0 Å². The predicted molar refractivity (Wildman–Crippen MR) is 77.4 cm³/mol. The lowest BCUT2D eigenvalue weighted by molar-refractivity contribution is -0.385. The minimum Gasteiger partial charge on any atom is -0.484 e. The second kappa shape index (κ2) is 4.96. The number of nitro groups is 1. The molecule has 0 aromatic heterocycles. The molecular weight excluding hydrogens is 272 g/mol. The number of nitro benzene ring substituents is 1. The number of non-ortho nitro benzene ring substituents is 1. The summed E-state index contributed by atoms with van der Waals surface area (Å²) in [4.78, 5) is 12.8. The van der Waals surface area contributed by atoms with Gasteiger partial charge in [-0.15, -0.1) is 0 Å². The molecule has 2 aliphatic heterocycles. The van der Waals surface area contributed by atoms with E-state index in [1.807, 2.05) is 13.8 Å². The highest BCUT2D eigenvalue weighted by Gasteiger charge is 2.46. The van der Waals surface area contributed by atoms with E-state index in [0.717, 1.165) is 31.5 Å². The molecule has 6 nitrogen and oxygen atoms in total. The third-order valence-corrected chi connectivity index (χ3v) is 4.45. The van der Waals surface area contributed by atoms with E-state index in [1.54, 1.807) is 6.07 Å². The highest BCUT2D eigenvalue weighted by Crippen LogP contribution is 2.44. The molecule has 21 heavy (non-hydrogen) atoms. The van der Waals surface area contributed by atoms with Crippen LogP contribution in [0.5, 0.6) is 5.75 Å². The van der Waals surface area contributed by atoms with Gasteiger partial charge >= 0.3 is 0 Å². The van der Waals surface area contributed by atoms with Gasteiger partial charge in [-0.25, -0.2) is 0 Å². The molecule has 2 heterocycles. The molecule has 0 amide bonds. The molecule has 0 bridgehead atoms. The summed E-state index contributed by atoms with van der Waals surface area (Å²) in [6.45, 7) is 5.52. The first kappa shape index (κ1) is 14.3. The van der Waals surface area contributed by atoms with Crippen LogP contribution in [-0.4, -0.2) is 39.7 Å². The molecule has 1 fully saturated rings. The quantitative estimate of drug-likeness (QED) is 0.668. The van der Waals surface area contributed by atoms with E-state index >= 15 is 0 Å². The molecule has 3 rings (SSSR count). The molecule has 0 spiro atoms. The van der Waals surface area contributed by atoms with E-state index in [0.29, 0.717) is 5.75 Å². The van der Waals surface area contributed by atoms with Gasteiger partial charge < -0.3 is 9.84 Å². The van der Waals surface area contributed by atoms with Crippen molar-refractivity contribution in [1.29, 1.82) is 0 Å². The fourth-order valence-electron chi connectivity index (χ4n) is 3.28. The van der Waals surface area contributed by atoms with Crippen molar-refractivity contribution in [3.63, 3.8) is 0 Å². The van der Waals surface area contributed by atoms with Gasteiger partial charge in [0.1, 0.15) is 17.5 Å². The van der Waals surface area contributed by atoms with Crippen LogP contribution in [0.2, 0.25) is 0 Å². The summed E-state index contributed by atoms with van der Waals surface area (Å²) in [5.41, 5.74) is 0.0885. The van der Waals surface area contributed by atoms with Crippen LogP contribution in [0.1, 0.15) is 38.3 Å². The molecule has 2 aliphatic rings. The molecule has 0 unspecified atom stereocenters. The fourth-order valence-corrected chi connectivity index (χ4v) is 3.28. The number of hydrogen-bond acceptors (Lipinski definition) is 5. The second-order valence-corrected chi connectivity index (χ2v) is 6.32. The summed E-state index contributed by atoms with van der Waals surface area (Å²) in [6.07, 6.45) is 1.57. The number of aliphatic hydroxyl groups is 1.